The Labute approximate surface area is 171 Å². The third-order valence-corrected chi connectivity index (χ3v) is 5.70. The molecule has 0 atom stereocenters. The molecular formula is C12H9I3N2O6. The third-order valence-electron chi connectivity index (χ3n) is 2.46. The van der Waals surface area contributed by atoms with Crippen LogP contribution in [-0.4, -0.2) is 40.5 Å². The quantitative estimate of drug-likeness (QED) is 0.358. The second kappa shape index (κ2) is 8.41. The lowest BCUT2D eigenvalue weighted by Gasteiger charge is -2.17. The van der Waals surface area contributed by atoms with E-state index in [1.165, 1.54) is 6.92 Å². The van der Waals surface area contributed by atoms with E-state index < -0.39 is 30.3 Å². The van der Waals surface area contributed by atoms with Crippen LogP contribution in [0.15, 0.2) is 0 Å². The molecule has 0 saturated carbocycles. The summed E-state index contributed by atoms with van der Waals surface area (Å²) in [6.45, 7) is 0.656. The van der Waals surface area contributed by atoms with Gasteiger partial charge in [0.25, 0.3) is 5.91 Å². The molecule has 0 aliphatic heterocycles. The molecular weight excluding hydrogens is 649 g/mol. The molecule has 4 N–H and O–H groups in total. The number of halogens is 3. The van der Waals surface area contributed by atoms with Crippen molar-refractivity contribution in [1.82, 2.24) is 5.32 Å². The molecule has 124 valence electrons. The second-order valence-electron chi connectivity index (χ2n) is 4.13. The molecule has 0 spiro atoms. The van der Waals surface area contributed by atoms with Crippen LogP contribution in [0.3, 0.4) is 0 Å². The summed E-state index contributed by atoms with van der Waals surface area (Å²) in [6.07, 6.45) is 0. The van der Waals surface area contributed by atoms with Crippen molar-refractivity contribution in [3.05, 3.63) is 21.8 Å². The van der Waals surface area contributed by atoms with E-state index in [1.807, 2.05) is 22.6 Å². The fourth-order valence-electron chi connectivity index (χ4n) is 1.58. The van der Waals surface area contributed by atoms with Gasteiger partial charge in [-0.1, -0.05) is 0 Å². The predicted octanol–water partition coefficient (Wildman–Crippen LogP) is 1.97. The molecule has 0 fully saturated rings. The van der Waals surface area contributed by atoms with Gasteiger partial charge in [-0.3, -0.25) is 14.4 Å². The first-order valence-electron chi connectivity index (χ1n) is 5.79. The Bertz CT molecular complexity index is 719. The first kappa shape index (κ1) is 20.3. The number of rotatable bonds is 5. The number of hydrogen-bond donors (Lipinski definition) is 4. The lowest BCUT2D eigenvalue weighted by molar-refractivity contribution is -0.135. The van der Waals surface area contributed by atoms with E-state index in [9.17, 15) is 24.3 Å². The Morgan fingerprint density at radius 1 is 0.957 bits per heavy atom. The lowest BCUT2D eigenvalue weighted by atomic mass is 10.1. The smallest absolute Gasteiger partial charge is 0.337 e. The monoisotopic (exact) mass is 658 g/mol. The van der Waals surface area contributed by atoms with Crippen LogP contribution in [0.5, 0.6) is 0 Å². The fraction of sp³-hybridized carbons (Fsp3) is 0.167. The van der Waals surface area contributed by atoms with Gasteiger partial charge in [0.1, 0.15) is 6.54 Å². The number of benzene rings is 1. The zero-order chi connectivity index (χ0) is 17.9. The number of nitrogens with one attached hydrogen (secondary N) is 2. The predicted molar refractivity (Wildman–Crippen MR) is 106 cm³/mol. The number of anilines is 1. The van der Waals surface area contributed by atoms with Crippen molar-refractivity contribution in [2.75, 3.05) is 11.9 Å². The van der Waals surface area contributed by atoms with Crippen molar-refractivity contribution < 1.29 is 29.4 Å². The molecule has 0 aliphatic rings. The van der Waals surface area contributed by atoms with Gasteiger partial charge >= 0.3 is 11.9 Å². The van der Waals surface area contributed by atoms with E-state index in [0.717, 1.165) is 0 Å². The number of carboxylic acid groups (broad SMARTS) is 2. The van der Waals surface area contributed by atoms with E-state index >= 15 is 0 Å². The summed E-state index contributed by atoms with van der Waals surface area (Å²) >= 11 is 5.31. The molecule has 0 saturated heterocycles. The van der Waals surface area contributed by atoms with Gasteiger partial charge in [0.05, 0.1) is 24.0 Å². The van der Waals surface area contributed by atoms with Gasteiger partial charge in [0.2, 0.25) is 5.91 Å². The molecule has 0 heterocycles. The van der Waals surface area contributed by atoms with E-state index in [1.54, 1.807) is 45.2 Å². The van der Waals surface area contributed by atoms with Crippen molar-refractivity contribution in [2.45, 2.75) is 6.92 Å². The normalized spacial score (nSPS) is 10.1. The minimum Gasteiger partial charge on any atom is -0.480 e. The van der Waals surface area contributed by atoms with Crippen LogP contribution in [0.2, 0.25) is 0 Å². The number of aliphatic carboxylic acids is 1. The van der Waals surface area contributed by atoms with E-state index in [2.05, 4.69) is 10.6 Å². The van der Waals surface area contributed by atoms with E-state index in [0.29, 0.717) is 3.57 Å². The van der Waals surface area contributed by atoms with Gasteiger partial charge in [0.15, 0.2) is 0 Å². The Hall–Kier alpha value is -0.710. The van der Waals surface area contributed by atoms with Crippen molar-refractivity contribution >= 4 is 97.2 Å². The Morgan fingerprint density at radius 2 is 1.48 bits per heavy atom. The zero-order valence-corrected chi connectivity index (χ0v) is 17.8. The Balaban J connectivity index is 3.58. The highest BCUT2D eigenvalue weighted by molar-refractivity contribution is 14.1. The molecule has 1 rings (SSSR count). The van der Waals surface area contributed by atoms with Crippen LogP contribution >= 0.6 is 67.8 Å². The summed E-state index contributed by atoms with van der Waals surface area (Å²) in [5.41, 5.74) is 0.0850. The fourth-order valence-corrected chi connectivity index (χ4v) is 5.97. The maximum atomic E-state index is 12.2. The number of aromatic carboxylic acids is 1. The van der Waals surface area contributed by atoms with Crippen LogP contribution in [-0.2, 0) is 9.59 Å². The molecule has 0 radical (unpaired) electrons. The maximum absolute atomic E-state index is 12.2. The molecule has 1 aromatic rings. The molecule has 0 aromatic heterocycles. The highest BCUT2D eigenvalue weighted by Gasteiger charge is 2.28. The third kappa shape index (κ3) is 4.88. The highest BCUT2D eigenvalue weighted by Crippen LogP contribution is 2.35. The summed E-state index contributed by atoms with van der Waals surface area (Å²) in [5.74, 6) is -3.63. The summed E-state index contributed by atoms with van der Waals surface area (Å²) in [6, 6.07) is 0. The maximum Gasteiger partial charge on any atom is 0.337 e. The molecule has 2 amide bonds. The van der Waals surface area contributed by atoms with E-state index in [4.69, 9.17) is 5.11 Å². The van der Waals surface area contributed by atoms with Crippen molar-refractivity contribution in [3.8, 4) is 0 Å². The van der Waals surface area contributed by atoms with Gasteiger partial charge in [0, 0.05) is 10.5 Å². The van der Waals surface area contributed by atoms with Gasteiger partial charge in [-0.25, -0.2) is 4.79 Å². The topological polar surface area (TPSA) is 133 Å². The number of hydrogen-bond acceptors (Lipinski definition) is 4. The largest absolute Gasteiger partial charge is 0.480 e. The van der Waals surface area contributed by atoms with Crippen LogP contribution < -0.4 is 10.6 Å². The van der Waals surface area contributed by atoms with Crippen LogP contribution in [0.1, 0.15) is 27.6 Å². The molecule has 11 heteroatoms. The molecule has 0 bridgehead atoms. The molecule has 0 unspecified atom stereocenters. The SMILES string of the molecule is CC(=O)Nc1c(I)c(C(=O)O)c(I)c(C(=O)NCC(=O)O)c1I. The molecule has 1 aromatic carbocycles. The number of carbonyl (C=O) groups is 4. The number of carboxylic acids is 2. The minimum absolute atomic E-state index is 0.00835. The molecule has 0 aliphatic carbocycles. The van der Waals surface area contributed by atoms with Crippen LogP contribution in [0, 0.1) is 10.7 Å². The summed E-state index contributed by atoms with van der Waals surface area (Å²) in [7, 11) is 0. The molecule has 8 nitrogen and oxygen atoms in total. The van der Waals surface area contributed by atoms with Crippen molar-refractivity contribution in [2.24, 2.45) is 0 Å². The second-order valence-corrected chi connectivity index (χ2v) is 7.37. The van der Waals surface area contributed by atoms with Crippen LogP contribution in [0.4, 0.5) is 5.69 Å². The highest BCUT2D eigenvalue weighted by atomic mass is 127. The lowest BCUT2D eigenvalue weighted by Crippen LogP contribution is -2.31. The molecule has 23 heavy (non-hydrogen) atoms. The first-order chi connectivity index (χ1) is 10.6. The Morgan fingerprint density at radius 3 is 1.91 bits per heavy atom. The van der Waals surface area contributed by atoms with Gasteiger partial charge in [-0.2, -0.15) is 0 Å². The average Bonchev–Trinajstić information content (AvgIpc) is 2.40. The van der Waals surface area contributed by atoms with Crippen LogP contribution in [0.25, 0.3) is 0 Å². The summed E-state index contributed by atoms with van der Waals surface area (Å²) in [5, 5.41) is 22.7. The summed E-state index contributed by atoms with van der Waals surface area (Å²) < 4.78 is 0.786. The number of carbonyl (C=O) groups excluding carboxylic acids is 2. The standard InChI is InChI=1S/C12H9I3N2O6/c1-3(18)17-10-8(14)5(11(21)16-2-4(19)20)7(13)6(9(10)15)12(22)23/h2H2,1H3,(H,16,21)(H,17,18)(H,19,20)(H,22,23). The average molecular weight is 658 g/mol. The van der Waals surface area contributed by atoms with Gasteiger partial charge in [-0.15, -0.1) is 0 Å². The van der Waals surface area contributed by atoms with Crippen molar-refractivity contribution in [1.29, 1.82) is 0 Å². The minimum atomic E-state index is -1.26. The zero-order valence-electron chi connectivity index (χ0n) is 11.4. The Kier molecular flexibility index (Phi) is 7.43. The van der Waals surface area contributed by atoms with Crippen molar-refractivity contribution in [3.63, 3.8) is 0 Å². The van der Waals surface area contributed by atoms with Gasteiger partial charge < -0.3 is 20.8 Å². The van der Waals surface area contributed by atoms with Gasteiger partial charge in [-0.05, 0) is 67.8 Å². The van der Waals surface area contributed by atoms with E-state index in [-0.39, 0.29) is 24.0 Å². The number of amides is 2. The first-order valence-corrected chi connectivity index (χ1v) is 9.02. The summed E-state index contributed by atoms with van der Waals surface area (Å²) in [4.78, 5) is 45.6.